The Kier molecular flexibility index (Phi) is 4.45. The van der Waals surface area contributed by atoms with Gasteiger partial charge in [-0.3, -0.25) is 0 Å². The highest BCUT2D eigenvalue weighted by Crippen LogP contribution is 2.28. The first kappa shape index (κ1) is 14.4. The molecule has 0 spiro atoms. The minimum Gasteiger partial charge on any atom is -0.377 e. The summed E-state index contributed by atoms with van der Waals surface area (Å²) in [5.41, 5.74) is 0. The number of anilines is 1. The average molecular weight is 308 g/mol. The van der Waals surface area contributed by atoms with Crippen LogP contribution in [-0.4, -0.2) is 32.1 Å². The van der Waals surface area contributed by atoms with Crippen LogP contribution in [0.3, 0.4) is 0 Å². The Morgan fingerprint density at radius 1 is 1.43 bits per heavy atom. The van der Waals surface area contributed by atoms with E-state index in [2.05, 4.69) is 32.5 Å². The lowest BCUT2D eigenvalue weighted by atomic mass is 10.1. The number of hydrogen-bond acceptors (Lipinski definition) is 7. The zero-order chi connectivity index (χ0) is 14.7. The summed E-state index contributed by atoms with van der Waals surface area (Å²) in [6.07, 6.45) is 4.19. The first-order valence-corrected chi connectivity index (χ1v) is 8.13. The van der Waals surface area contributed by atoms with Crippen LogP contribution in [0.4, 0.5) is 5.13 Å². The summed E-state index contributed by atoms with van der Waals surface area (Å²) in [6, 6.07) is 0.152. The standard InChI is InChI=1S/C13H20N6OS/c1-3-5-11-16-17-13(21-11)14-9-6-4-7-19-12(9)15-10(18-19)8-20-2/h9H,3-8H2,1-2H3,(H,14,17). The van der Waals surface area contributed by atoms with Gasteiger partial charge in [-0.15, -0.1) is 10.2 Å². The van der Waals surface area contributed by atoms with Crippen molar-refractivity contribution in [2.75, 3.05) is 12.4 Å². The predicted molar refractivity (Wildman–Crippen MR) is 80.2 cm³/mol. The van der Waals surface area contributed by atoms with Crippen molar-refractivity contribution in [3.8, 4) is 0 Å². The number of methoxy groups -OCH3 is 1. The molecule has 114 valence electrons. The molecule has 2 aromatic heterocycles. The Bertz CT molecular complexity index is 595. The Morgan fingerprint density at radius 3 is 3.14 bits per heavy atom. The smallest absolute Gasteiger partial charge is 0.206 e. The Balaban J connectivity index is 1.74. The van der Waals surface area contributed by atoms with Gasteiger partial charge in [0, 0.05) is 20.1 Å². The van der Waals surface area contributed by atoms with Gasteiger partial charge in [-0.05, 0) is 19.3 Å². The average Bonchev–Trinajstić information content (AvgIpc) is 3.07. The van der Waals surface area contributed by atoms with Crippen molar-refractivity contribution in [3.63, 3.8) is 0 Å². The molecule has 3 heterocycles. The zero-order valence-electron chi connectivity index (χ0n) is 12.4. The summed E-state index contributed by atoms with van der Waals surface area (Å²) < 4.78 is 7.09. The maximum Gasteiger partial charge on any atom is 0.206 e. The second-order valence-corrected chi connectivity index (χ2v) is 6.19. The lowest BCUT2D eigenvalue weighted by molar-refractivity contribution is 0.177. The first-order valence-electron chi connectivity index (χ1n) is 7.31. The molecule has 3 rings (SSSR count). The summed E-state index contributed by atoms with van der Waals surface area (Å²) in [5, 5.41) is 18.3. The number of aromatic nitrogens is 5. The molecule has 0 radical (unpaired) electrons. The van der Waals surface area contributed by atoms with Gasteiger partial charge in [-0.1, -0.05) is 18.3 Å². The van der Waals surface area contributed by atoms with Crippen LogP contribution in [0, 0.1) is 0 Å². The maximum absolute atomic E-state index is 5.11. The van der Waals surface area contributed by atoms with Crippen LogP contribution in [0.1, 0.15) is 48.9 Å². The highest BCUT2D eigenvalue weighted by molar-refractivity contribution is 7.15. The molecule has 1 N–H and O–H groups in total. The van der Waals surface area contributed by atoms with Gasteiger partial charge in [0.25, 0.3) is 0 Å². The molecule has 0 saturated heterocycles. The highest BCUT2D eigenvalue weighted by Gasteiger charge is 2.25. The van der Waals surface area contributed by atoms with Gasteiger partial charge in [0.05, 0.1) is 6.04 Å². The predicted octanol–water partition coefficient (Wildman–Crippen LogP) is 2.18. The van der Waals surface area contributed by atoms with Crippen molar-refractivity contribution >= 4 is 16.5 Å². The molecule has 0 saturated carbocycles. The molecule has 21 heavy (non-hydrogen) atoms. The topological polar surface area (TPSA) is 77.8 Å². The molecule has 1 atom stereocenters. The third-order valence-corrected chi connectivity index (χ3v) is 4.33. The van der Waals surface area contributed by atoms with Gasteiger partial charge in [-0.2, -0.15) is 5.10 Å². The number of nitrogens with zero attached hydrogens (tertiary/aromatic N) is 5. The first-order chi connectivity index (χ1) is 10.3. The molecule has 0 amide bonds. The number of aryl methyl sites for hydroxylation is 2. The summed E-state index contributed by atoms with van der Waals surface area (Å²) in [5.74, 6) is 1.71. The van der Waals surface area contributed by atoms with Crippen LogP contribution in [0.15, 0.2) is 0 Å². The van der Waals surface area contributed by atoms with Gasteiger partial charge < -0.3 is 10.1 Å². The molecule has 0 aromatic carbocycles. The fraction of sp³-hybridized carbons (Fsp3) is 0.692. The van der Waals surface area contributed by atoms with Gasteiger partial charge >= 0.3 is 0 Å². The van der Waals surface area contributed by atoms with E-state index >= 15 is 0 Å². The minimum absolute atomic E-state index is 0.152. The van der Waals surface area contributed by atoms with Crippen molar-refractivity contribution in [3.05, 3.63) is 16.7 Å². The fourth-order valence-corrected chi connectivity index (χ4v) is 3.40. The van der Waals surface area contributed by atoms with E-state index in [1.54, 1.807) is 18.4 Å². The van der Waals surface area contributed by atoms with Crippen LogP contribution in [0.25, 0.3) is 0 Å². The van der Waals surface area contributed by atoms with Gasteiger partial charge in [0.2, 0.25) is 5.13 Å². The van der Waals surface area contributed by atoms with Crippen molar-refractivity contribution in [1.29, 1.82) is 0 Å². The van der Waals surface area contributed by atoms with Crippen molar-refractivity contribution < 1.29 is 4.74 Å². The molecule has 0 bridgehead atoms. The van der Waals surface area contributed by atoms with Crippen LogP contribution < -0.4 is 5.32 Å². The molecule has 1 aliphatic heterocycles. The van der Waals surface area contributed by atoms with E-state index in [1.165, 1.54) is 0 Å². The number of ether oxygens (including phenoxy) is 1. The maximum atomic E-state index is 5.11. The van der Waals surface area contributed by atoms with Crippen LogP contribution in [-0.2, 0) is 24.3 Å². The number of nitrogens with one attached hydrogen (secondary N) is 1. The molecule has 8 heteroatoms. The number of hydrogen-bond donors (Lipinski definition) is 1. The van der Waals surface area contributed by atoms with Crippen molar-refractivity contribution in [2.24, 2.45) is 0 Å². The SMILES string of the molecule is CCCc1nnc(NC2CCCn3nc(COC)nc32)s1. The lowest BCUT2D eigenvalue weighted by Crippen LogP contribution is -2.22. The van der Waals surface area contributed by atoms with E-state index in [4.69, 9.17) is 4.74 Å². The third kappa shape index (κ3) is 3.21. The van der Waals surface area contributed by atoms with Gasteiger partial charge in [0.15, 0.2) is 5.82 Å². The third-order valence-electron chi connectivity index (χ3n) is 3.42. The lowest BCUT2D eigenvalue weighted by Gasteiger charge is -2.22. The second kappa shape index (κ2) is 6.48. The molecule has 1 unspecified atom stereocenters. The number of fused-ring (bicyclic) bond motifs is 1. The van der Waals surface area contributed by atoms with Crippen molar-refractivity contribution in [2.45, 2.75) is 51.8 Å². The van der Waals surface area contributed by atoms with Crippen LogP contribution in [0.2, 0.25) is 0 Å². The Labute approximate surface area is 127 Å². The zero-order valence-corrected chi connectivity index (χ0v) is 13.2. The van der Waals surface area contributed by atoms with E-state index in [1.807, 2.05) is 4.68 Å². The normalized spacial score (nSPS) is 17.7. The Morgan fingerprint density at radius 2 is 2.33 bits per heavy atom. The summed E-state index contributed by atoms with van der Waals surface area (Å²) in [6.45, 7) is 3.52. The minimum atomic E-state index is 0.152. The Hall–Kier alpha value is -1.54. The molecule has 1 aliphatic rings. The summed E-state index contributed by atoms with van der Waals surface area (Å²) in [4.78, 5) is 4.58. The number of rotatable bonds is 6. The molecular formula is C13H20N6OS. The van der Waals surface area contributed by atoms with Crippen molar-refractivity contribution in [1.82, 2.24) is 25.0 Å². The monoisotopic (exact) mass is 308 g/mol. The fourth-order valence-electron chi connectivity index (χ4n) is 2.50. The van der Waals surface area contributed by atoms with E-state index in [-0.39, 0.29) is 6.04 Å². The van der Waals surface area contributed by atoms with Crippen LogP contribution in [0.5, 0.6) is 0 Å². The quantitative estimate of drug-likeness (QED) is 0.881. The van der Waals surface area contributed by atoms with Crippen LogP contribution >= 0.6 is 11.3 Å². The molecule has 2 aromatic rings. The van der Waals surface area contributed by atoms with Gasteiger partial charge in [0.1, 0.15) is 17.4 Å². The van der Waals surface area contributed by atoms with E-state index in [0.29, 0.717) is 6.61 Å². The molecular weight excluding hydrogens is 288 g/mol. The summed E-state index contributed by atoms with van der Waals surface area (Å²) >= 11 is 1.63. The summed E-state index contributed by atoms with van der Waals surface area (Å²) in [7, 11) is 1.66. The highest BCUT2D eigenvalue weighted by atomic mass is 32.1. The molecule has 7 nitrogen and oxygen atoms in total. The van der Waals surface area contributed by atoms with E-state index in [9.17, 15) is 0 Å². The molecule has 0 fully saturated rings. The van der Waals surface area contributed by atoms with E-state index in [0.717, 1.165) is 54.0 Å². The van der Waals surface area contributed by atoms with Gasteiger partial charge in [-0.25, -0.2) is 9.67 Å². The van der Waals surface area contributed by atoms with E-state index < -0.39 is 0 Å². The second-order valence-electron chi connectivity index (χ2n) is 5.13. The molecule has 0 aliphatic carbocycles. The largest absolute Gasteiger partial charge is 0.377 e.